The quantitative estimate of drug-likeness (QED) is 0.417. The van der Waals surface area contributed by atoms with Crippen LogP contribution >= 0.6 is 15.9 Å². The van der Waals surface area contributed by atoms with E-state index in [1.807, 2.05) is 31.0 Å². The molecule has 0 spiro atoms. The van der Waals surface area contributed by atoms with Gasteiger partial charge in [0.25, 0.3) is 0 Å². The van der Waals surface area contributed by atoms with E-state index in [1.165, 1.54) is 5.56 Å². The number of nitrogens with zero attached hydrogens (tertiary/aromatic N) is 3. The van der Waals surface area contributed by atoms with E-state index in [0.717, 1.165) is 48.0 Å². The molecule has 0 bridgehead atoms. The first-order chi connectivity index (χ1) is 13.6. The third-order valence-corrected chi connectivity index (χ3v) is 5.13. The van der Waals surface area contributed by atoms with E-state index in [1.54, 1.807) is 12.4 Å². The highest BCUT2D eigenvalue weighted by Crippen LogP contribution is 2.36. The van der Waals surface area contributed by atoms with Gasteiger partial charge in [-0.2, -0.15) is 0 Å². The largest absolute Gasteiger partial charge is 0.494 e. The van der Waals surface area contributed by atoms with Crippen LogP contribution in [0, 0.1) is 0 Å². The molecule has 0 saturated heterocycles. The van der Waals surface area contributed by atoms with Crippen LogP contribution in [-0.2, 0) is 16.0 Å². The molecule has 150 valence electrons. The van der Waals surface area contributed by atoms with Crippen LogP contribution in [0.5, 0.6) is 5.75 Å². The molecule has 7 heteroatoms. The van der Waals surface area contributed by atoms with Gasteiger partial charge >= 0.3 is 5.97 Å². The highest BCUT2D eigenvalue weighted by atomic mass is 79.9. The second-order valence-corrected chi connectivity index (χ2v) is 7.87. The zero-order chi connectivity index (χ0) is 19.9. The first-order valence-corrected chi connectivity index (χ1v) is 10.5. The maximum absolute atomic E-state index is 11.8. The number of esters is 1. The average molecular weight is 448 g/mol. The molecule has 1 heterocycles. The lowest BCUT2D eigenvalue weighted by molar-refractivity contribution is -0.149. The van der Waals surface area contributed by atoms with Crippen LogP contribution in [-0.4, -0.2) is 36.1 Å². The Labute approximate surface area is 174 Å². The molecule has 1 aliphatic rings. The minimum absolute atomic E-state index is 0.109. The number of rotatable bonds is 9. The number of aromatic nitrogens is 2. The number of benzene rings is 1. The summed E-state index contributed by atoms with van der Waals surface area (Å²) < 4.78 is 12.4. The number of hydrogen-bond donors (Lipinski definition) is 0. The molecular weight excluding hydrogens is 422 g/mol. The predicted octanol–water partition coefficient (Wildman–Crippen LogP) is 4.48. The number of fused-ring (bicyclic) bond motifs is 1. The first-order valence-electron chi connectivity index (χ1n) is 9.70. The summed E-state index contributed by atoms with van der Waals surface area (Å²) in [6, 6.07) is 6.07. The van der Waals surface area contributed by atoms with Crippen molar-refractivity contribution < 1.29 is 14.3 Å². The van der Waals surface area contributed by atoms with Crippen LogP contribution in [0.15, 0.2) is 35.1 Å². The molecule has 1 aromatic carbocycles. The molecule has 3 rings (SSSR count). The summed E-state index contributed by atoms with van der Waals surface area (Å²) >= 11 is 3.34. The fourth-order valence-electron chi connectivity index (χ4n) is 3.28. The third kappa shape index (κ3) is 5.44. The van der Waals surface area contributed by atoms with Crippen molar-refractivity contribution in [3.05, 3.63) is 46.2 Å². The summed E-state index contributed by atoms with van der Waals surface area (Å²) in [7, 11) is 1.97. The van der Waals surface area contributed by atoms with Crippen LogP contribution < -0.4 is 9.64 Å². The lowest BCUT2D eigenvalue weighted by Crippen LogP contribution is -2.22. The van der Waals surface area contributed by atoms with Crippen molar-refractivity contribution in [2.24, 2.45) is 0 Å². The van der Waals surface area contributed by atoms with Gasteiger partial charge in [0.05, 0.1) is 11.1 Å². The van der Waals surface area contributed by atoms with Gasteiger partial charge in [-0.25, -0.2) is 9.97 Å². The smallest absolute Gasteiger partial charge is 0.306 e. The molecular formula is C21H26BrN3O3. The van der Waals surface area contributed by atoms with Gasteiger partial charge in [0, 0.05) is 32.4 Å². The zero-order valence-corrected chi connectivity index (χ0v) is 17.9. The minimum Gasteiger partial charge on any atom is -0.494 e. The van der Waals surface area contributed by atoms with Gasteiger partial charge in [-0.3, -0.25) is 4.79 Å². The van der Waals surface area contributed by atoms with Crippen molar-refractivity contribution >= 4 is 27.8 Å². The van der Waals surface area contributed by atoms with Crippen molar-refractivity contribution in [2.75, 3.05) is 25.1 Å². The Morgan fingerprint density at radius 1 is 1.32 bits per heavy atom. The minimum atomic E-state index is -0.112. The fourth-order valence-corrected chi connectivity index (χ4v) is 3.49. The Morgan fingerprint density at radius 2 is 2.11 bits per heavy atom. The third-order valence-electron chi connectivity index (χ3n) is 4.72. The Kier molecular flexibility index (Phi) is 7.25. The lowest BCUT2D eigenvalue weighted by atomic mass is 10.1. The van der Waals surface area contributed by atoms with Gasteiger partial charge in [-0.1, -0.05) is 13.0 Å². The Morgan fingerprint density at radius 3 is 2.86 bits per heavy atom. The van der Waals surface area contributed by atoms with Crippen molar-refractivity contribution in [1.82, 2.24) is 9.97 Å². The van der Waals surface area contributed by atoms with E-state index in [9.17, 15) is 4.79 Å². The number of carbonyl (C=O) groups excluding carboxylic acids is 1. The number of hydrogen-bond acceptors (Lipinski definition) is 6. The Hall–Kier alpha value is -2.15. The van der Waals surface area contributed by atoms with Crippen molar-refractivity contribution in [1.29, 1.82) is 0 Å². The molecule has 0 amide bonds. The monoisotopic (exact) mass is 447 g/mol. The van der Waals surface area contributed by atoms with E-state index in [0.29, 0.717) is 19.0 Å². The maximum Gasteiger partial charge on any atom is 0.306 e. The SMILES string of the molecule is CCCC(=O)O[C@H]1CCc2cc(OCCCN(C)c3ncc(Br)cn3)ccc21. The summed E-state index contributed by atoms with van der Waals surface area (Å²) in [4.78, 5) is 22.3. The highest BCUT2D eigenvalue weighted by Gasteiger charge is 2.25. The van der Waals surface area contributed by atoms with Gasteiger partial charge in [-0.15, -0.1) is 0 Å². The topological polar surface area (TPSA) is 64.6 Å². The van der Waals surface area contributed by atoms with Crippen molar-refractivity contribution in [3.63, 3.8) is 0 Å². The predicted molar refractivity (Wildman–Crippen MR) is 112 cm³/mol. The van der Waals surface area contributed by atoms with Gasteiger partial charge in [0.15, 0.2) is 0 Å². The number of carbonyl (C=O) groups is 1. The zero-order valence-electron chi connectivity index (χ0n) is 16.4. The standard InChI is InChI=1S/C21H26BrN3O3/c1-3-5-20(26)28-19-9-6-15-12-17(7-8-18(15)19)27-11-4-10-25(2)21-23-13-16(22)14-24-21/h7-8,12-14,19H,3-6,9-11H2,1-2H3/t19-/m0/s1. The second kappa shape index (κ2) is 9.87. The van der Waals surface area contributed by atoms with Gasteiger partial charge in [0.1, 0.15) is 11.9 Å². The second-order valence-electron chi connectivity index (χ2n) is 6.95. The molecule has 1 aliphatic carbocycles. The van der Waals surface area contributed by atoms with Crippen molar-refractivity contribution in [2.45, 2.75) is 45.1 Å². The summed E-state index contributed by atoms with van der Waals surface area (Å²) in [6.07, 6.45) is 7.31. The number of halogens is 1. The van der Waals surface area contributed by atoms with E-state index in [-0.39, 0.29) is 12.1 Å². The molecule has 28 heavy (non-hydrogen) atoms. The fraction of sp³-hybridized carbons (Fsp3) is 0.476. The maximum atomic E-state index is 11.8. The molecule has 0 aliphatic heterocycles. The summed E-state index contributed by atoms with van der Waals surface area (Å²) in [5.74, 6) is 1.45. The molecule has 0 N–H and O–H groups in total. The lowest BCUT2D eigenvalue weighted by Gasteiger charge is -2.17. The van der Waals surface area contributed by atoms with Crippen molar-refractivity contribution in [3.8, 4) is 5.75 Å². The molecule has 0 saturated carbocycles. The van der Waals surface area contributed by atoms with Crippen LogP contribution in [0.2, 0.25) is 0 Å². The molecule has 1 aromatic heterocycles. The highest BCUT2D eigenvalue weighted by molar-refractivity contribution is 9.10. The molecule has 0 radical (unpaired) electrons. The molecule has 2 aromatic rings. The first kappa shape index (κ1) is 20.6. The van der Waals surface area contributed by atoms with Crippen LogP contribution in [0.3, 0.4) is 0 Å². The van der Waals surface area contributed by atoms with E-state index < -0.39 is 0 Å². The number of anilines is 1. The van der Waals surface area contributed by atoms with Gasteiger partial charge in [0.2, 0.25) is 5.95 Å². The average Bonchev–Trinajstić information content (AvgIpc) is 3.08. The Bertz CT molecular complexity index is 798. The molecule has 0 unspecified atom stereocenters. The van der Waals surface area contributed by atoms with Crippen LogP contribution in [0.1, 0.15) is 49.8 Å². The van der Waals surface area contributed by atoms with E-state index in [4.69, 9.17) is 9.47 Å². The van der Waals surface area contributed by atoms with E-state index >= 15 is 0 Å². The molecule has 6 nitrogen and oxygen atoms in total. The summed E-state index contributed by atoms with van der Waals surface area (Å²) in [5.41, 5.74) is 2.33. The summed E-state index contributed by atoms with van der Waals surface area (Å²) in [5, 5.41) is 0. The van der Waals surface area contributed by atoms with Gasteiger partial charge in [-0.05, 0) is 64.9 Å². The van der Waals surface area contributed by atoms with Crippen LogP contribution in [0.25, 0.3) is 0 Å². The van der Waals surface area contributed by atoms with E-state index in [2.05, 4.69) is 32.0 Å². The Balaban J connectivity index is 1.46. The summed E-state index contributed by atoms with van der Waals surface area (Å²) in [6.45, 7) is 3.41. The number of ether oxygens (including phenoxy) is 2. The number of aryl methyl sites for hydroxylation is 1. The van der Waals surface area contributed by atoms with Crippen LogP contribution in [0.4, 0.5) is 5.95 Å². The normalized spacial score (nSPS) is 15.2. The van der Waals surface area contributed by atoms with Gasteiger partial charge < -0.3 is 14.4 Å². The molecule has 0 fully saturated rings. The molecule has 1 atom stereocenters.